The lowest BCUT2D eigenvalue weighted by Crippen LogP contribution is -2.16. The van der Waals surface area contributed by atoms with E-state index in [4.69, 9.17) is 14.8 Å². The minimum Gasteiger partial charge on any atom is -0.314 e. The first-order chi connectivity index (χ1) is 10.2. The quantitative estimate of drug-likeness (QED) is 0.569. The summed E-state index contributed by atoms with van der Waals surface area (Å²) in [6.45, 7) is 6.60. The number of benzene rings is 1. The molecule has 1 aromatic carbocycles. The van der Waals surface area contributed by atoms with E-state index in [2.05, 4.69) is 13.2 Å². The van der Waals surface area contributed by atoms with Crippen LogP contribution in [0.15, 0.2) is 49.6 Å². The van der Waals surface area contributed by atoms with Gasteiger partial charge in [0, 0.05) is 0 Å². The smallest absolute Gasteiger partial charge is 0.314 e. The fourth-order valence-corrected chi connectivity index (χ4v) is 3.14. The van der Waals surface area contributed by atoms with Gasteiger partial charge in [0.05, 0.1) is 18.8 Å². The van der Waals surface area contributed by atoms with Crippen molar-refractivity contribution in [2.24, 2.45) is 5.73 Å². The molecule has 0 aliphatic carbocycles. The molecule has 22 heavy (non-hydrogen) atoms. The van der Waals surface area contributed by atoms with Gasteiger partial charge in [-0.1, -0.05) is 24.3 Å². The second-order valence-electron chi connectivity index (χ2n) is 4.28. The molecule has 0 fully saturated rings. The first-order valence-electron chi connectivity index (χ1n) is 6.28. The molecule has 1 aromatic rings. The van der Waals surface area contributed by atoms with Gasteiger partial charge in [-0.25, -0.2) is 0 Å². The van der Waals surface area contributed by atoms with Crippen LogP contribution in [-0.2, 0) is 19.8 Å². The molecule has 0 spiro atoms. The van der Waals surface area contributed by atoms with E-state index in [1.54, 1.807) is 0 Å². The summed E-state index contributed by atoms with van der Waals surface area (Å²) in [5.74, 6) is -1.35. The monoisotopic (exact) mass is 335 g/mol. The van der Waals surface area contributed by atoms with E-state index in [1.807, 2.05) is 0 Å². The SMILES string of the molecule is C=CCOP(=O)(OCC=C)[C@H](N)c1cccc(C(F)(F)F)c1. The van der Waals surface area contributed by atoms with E-state index in [0.717, 1.165) is 12.1 Å². The Morgan fingerprint density at radius 1 is 1.23 bits per heavy atom. The van der Waals surface area contributed by atoms with Crippen LogP contribution < -0.4 is 5.73 Å². The Balaban J connectivity index is 3.12. The molecule has 1 rings (SSSR count). The third-order valence-electron chi connectivity index (χ3n) is 2.64. The standard InChI is InChI=1S/C14H17F3NO3P/c1-3-8-20-22(19,21-9-4-2)13(18)11-6-5-7-12(10-11)14(15,16)17/h3-7,10,13H,1-2,8-9,18H2/t13-/m0/s1. The number of hydrogen-bond acceptors (Lipinski definition) is 4. The molecule has 122 valence electrons. The first kappa shape index (κ1) is 18.6. The largest absolute Gasteiger partial charge is 0.416 e. The first-order valence-corrected chi connectivity index (χ1v) is 7.89. The molecule has 0 amide bonds. The highest BCUT2D eigenvalue weighted by molar-refractivity contribution is 7.54. The lowest BCUT2D eigenvalue weighted by molar-refractivity contribution is -0.137. The molecular weight excluding hydrogens is 318 g/mol. The van der Waals surface area contributed by atoms with Gasteiger partial charge in [0.15, 0.2) is 0 Å². The Labute approximate surface area is 126 Å². The van der Waals surface area contributed by atoms with E-state index in [-0.39, 0.29) is 18.8 Å². The summed E-state index contributed by atoms with van der Waals surface area (Å²) in [5.41, 5.74) is 4.93. The van der Waals surface area contributed by atoms with E-state index in [9.17, 15) is 17.7 Å². The number of halogens is 3. The van der Waals surface area contributed by atoms with E-state index < -0.39 is 25.1 Å². The normalized spacial score (nSPS) is 13.6. The van der Waals surface area contributed by atoms with Crippen molar-refractivity contribution in [1.82, 2.24) is 0 Å². The Hall–Kier alpha value is -1.40. The highest BCUT2D eigenvalue weighted by Gasteiger charge is 2.36. The van der Waals surface area contributed by atoms with Gasteiger partial charge in [-0.15, -0.1) is 13.2 Å². The van der Waals surface area contributed by atoms with E-state index in [1.165, 1.54) is 24.3 Å². The van der Waals surface area contributed by atoms with Crippen molar-refractivity contribution in [3.8, 4) is 0 Å². The van der Waals surface area contributed by atoms with Crippen LogP contribution in [-0.4, -0.2) is 13.2 Å². The summed E-state index contributed by atoms with van der Waals surface area (Å²) in [4.78, 5) is 0. The number of hydrogen-bond donors (Lipinski definition) is 1. The molecular formula is C14H17F3NO3P. The summed E-state index contributed by atoms with van der Waals surface area (Å²) >= 11 is 0. The van der Waals surface area contributed by atoms with Gasteiger partial charge in [-0.3, -0.25) is 4.57 Å². The van der Waals surface area contributed by atoms with Gasteiger partial charge in [0.2, 0.25) is 0 Å². The molecule has 0 saturated carbocycles. The summed E-state index contributed by atoms with van der Waals surface area (Å²) in [6, 6.07) is 4.24. The fraction of sp³-hybridized carbons (Fsp3) is 0.286. The maximum absolute atomic E-state index is 12.7. The molecule has 1 atom stereocenters. The third kappa shape index (κ3) is 4.81. The maximum Gasteiger partial charge on any atom is 0.416 e. The summed E-state index contributed by atoms with van der Waals surface area (Å²) < 4.78 is 61.0. The lowest BCUT2D eigenvalue weighted by Gasteiger charge is -2.24. The maximum atomic E-state index is 12.7. The second-order valence-corrected chi connectivity index (χ2v) is 6.43. The predicted molar refractivity (Wildman–Crippen MR) is 78.3 cm³/mol. The number of rotatable bonds is 8. The Kier molecular flexibility index (Phi) is 6.56. The van der Waals surface area contributed by atoms with Crippen molar-refractivity contribution in [1.29, 1.82) is 0 Å². The van der Waals surface area contributed by atoms with Crippen LogP contribution in [0.1, 0.15) is 16.9 Å². The van der Waals surface area contributed by atoms with Gasteiger partial charge in [-0.2, -0.15) is 13.2 Å². The molecule has 0 saturated heterocycles. The van der Waals surface area contributed by atoms with Crippen molar-refractivity contribution in [3.05, 3.63) is 60.7 Å². The molecule has 0 radical (unpaired) electrons. The van der Waals surface area contributed by atoms with Crippen molar-refractivity contribution < 1.29 is 26.8 Å². The molecule has 0 unspecified atom stereocenters. The van der Waals surface area contributed by atoms with Crippen molar-refractivity contribution in [3.63, 3.8) is 0 Å². The highest BCUT2D eigenvalue weighted by atomic mass is 31.2. The molecule has 2 N–H and O–H groups in total. The highest BCUT2D eigenvalue weighted by Crippen LogP contribution is 2.58. The molecule has 0 aliphatic heterocycles. The van der Waals surface area contributed by atoms with E-state index in [0.29, 0.717) is 0 Å². The van der Waals surface area contributed by atoms with Crippen LogP contribution in [0, 0.1) is 0 Å². The average Bonchev–Trinajstić information content (AvgIpc) is 2.49. The summed E-state index contributed by atoms with van der Waals surface area (Å²) in [5, 5.41) is 0. The van der Waals surface area contributed by atoms with Gasteiger partial charge in [0.1, 0.15) is 5.78 Å². The minimum atomic E-state index is -4.52. The molecule has 4 nitrogen and oxygen atoms in total. The van der Waals surface area contributed by atoms with Crippen LogP contribution >= 0.6 is 7.60 Å². The van der Waals surface area contributed by atoms with E-state index >= 15 is 0 Å². The molecule has 0 aliphatic rings. The minimum absolute atomic E-state index is 0.00582. The van der Waals surface area contributed by atoms with Crippen LogP contribution in [0.4, 0.5) is 13.2 Å². The van der Waals surface area contributed by atoms with Crippen LogP contribution in [0.3, 0.4) is 0 Å². The Bertz CT molecular complexity index is 559. The van der Waals surface area contributed by atoms with Gasteiger partial charge in [-0.05, 0) is 17.7 Å². The van der Waals surface area contributed by atoms with Crippen LogP contribution in [0.2, 0.25) is 0 Å². The number of alkyl halides is 3. The molecule has 0 heterocycles. The average molecular weight is 335 g/mol. The van der Waals surface area contributed by atoms with Gasteiger partial charge >= 0.3 is 13.8 Å². The van der Waals surface area contributed by atoms with Crippen molar-refractivity contribution in [2.45, 2.75) is 12.0 Å². The van der Waals surface area contributed by atoms with Crippen molar-refractivity contribution in [2.75, 3.05) is 13.2 Å². The summed E-state index contributed by atoms with van der Waals surface area (Å²) in [7, 11) is -3.87. The van der Waals surface area contributed by atoms with Gasteiger partial charge in [0.25, 0.3) is 0 Å². The predicted octanol–water partition coefficient (Wildman–Crippen LogP) is 4.26. The lowest BCUT2D eigenvalue weighted by atomic mass is 10.1. The summed E-state index contributed by atoms with van der Waals surface area (Å²) in [6.07, 6.45) is -1.85. The molecule has 0 bridgehead atoms. The zero-order chi connectivity index (χ0) is 16.8. The third-order valence-corrected chi connectivity index (χ3v) is 4.64. The zero-order valence-corrected chi connectivity index (χ0v) is 12.6. The molecule has 0 aromatic heterocycles. The topological polar surface area (TPSA) is 61.5 Å². The fourth-order valence-electron chi connectivity index (χ4n) is 1.59. The Morgan fingerprint density at radius 2 is 1.77 bits per heavy atom. The Morgan fingerprint density at radius 3 is 2.23 bits per heavy atom. The van der Waals surface area contributed by atoms with Crippen LogP contribution in [0.25, 0.3) is 0 Å². The second kappa shape index (κ2) is 7.74. The van der Waals surface area contributed by atoms with Crippen molar-refractivity contribution >= 4 is 7.60 Å². The zero-order valence-electron chi connectivity index (χ0n) is 11.8. The molecule has 8 heteroatoms. The van der Waals surface area contributed by atoms with Gasteiger partial charge < -0.3 is 14.8 Å². The number of nitrogens with two attached hydrogens (primary N) is 1. The van der Waals surface area contributed by atoms with Crippen LogP contribution in [0.5, 0.6) is 0 Å².